The number of hydrogen-bond acceptors (Lipinski definition) is 4. The highest BCUT2D eigenvalue weighted by atomic mass is 35.5. The maximum atomic E-state index is 12.9. The molecule has 0 aliphatic carbocycles. The lowest BCUT2D eigenvalue weighted by Gasteiger charge is -2.13. The van der Waals surface area contributed by atoms with Crippen molar-refractivity contribution in [3.8, 4) is 6.07 Å². The van der Waals surface area contributed by atoms with Crippen molar-refractivity contribution in [2.45, 2.75) is 25.2 Å². The third kappa shape index (κ3) is 2.84. The van der Waals surface area contributed by atoms with Crippen molar-refractivity contribution in [3.63, 3.8) is 0 Å². The molecule has 1 heterocycles. The van der Waals surface area contributed by atoms with E-state index in [-0.39, 0.29) is 22.6 Å². The van der Waals surface area contributed by atoms with E-state index in [1.165, 1.54) is 13.0 Å². The van der Waals surface area contributed by atoms with Crippen molar-refractivity contribution in [1.82, 2.24) is 15.0 Å². The van der Waals surface area contributed by atoms with E-state index in [4.69, 9.17) is 22.6 Å². The van der Waals surface area contributed by atoms with E-state index in [0.29, 0.717) is 0 Å². The quantitative estimate of drug-likeness (QED) is 0.923. The zero-order chi connectivity index (χ0) is 15.1. The number of hydrogen-bond donors (Lipinski definition) is 1. The maximum absolute atomic E-state index is 12.9. The molecule has 0 aliphatic heterocycles. The number of fused-ring (bicyclic) bond motifs is 1. The second-order valence-corrected chi connectivity index (χ2v) is 5.01. The van der Waals surface area contributed by atoms with Gasteiger partial charge < -0.3 is 5.73 Å². The van der Waals surface area contributed by atoms with Gasteiger partial charge in [-0.05, 0) is 19.1 Å². The number of benzene rings is 1. The molecule has 1 aromatic carbocycles. The van der Waals surface area contributed by atoms with Crippen molar-refractivity contribution in [1.29, 1.82) is 5.26 Å². The normalized spacial score (nSPS) is 15.1. The molecule has 0 spiro atoms. The van der Waals surface area contributed by atoms with Crippen molar-refractivity contribution in [2.24, 2.45) is 5.73 Å². The fraction of sp³-hybridized carbons (Fsp3) is 0.364. The number of nitrogens with two attached hydrogens (primary N) is 1. The predicted octanol–water partition coefficient (Wildman–Crippen LogP) is 2.34. The van der Waals surface area contributed by atoms with Crippen molar-refractivity contribution in [3.05, 3.63) is 22.7 Å². The first-order valence-corrected chi connectivity index (χ1v) is 5.82. The van der Waals surface area contributed by atoms with Crippen LogP contribution >= 0.6 is 11.6 Å². The summed E-state index contributed by atoms with van der Waals surface area (Å²) in [4.78, 5) is 0.972. The van der Waals surface area contributed by atoms with E-state index in [0.717, 1.165) is 10.9 Å². The minimum Gasteiger partial charge on any atom is -0.312 e. The summed E-state index contributed by atoms with van der Waals surface area (Å²) in [6, 6.07) is 3.88. The molecule has 0 radical (unpaired) electrons. The summed E-state index contributed by atoms with van der Waals surface area (Å²) < 4.78 is 38.7. The van der Waals surface area contributed by atoms with Crippen LogP contribution in [-0.4, -0.2) is 20.5 Å². The monoisotopic (exact) mass is 303 g/mol. The summed E-state index contributed by atoms with van der Waals surface area (Å²) in [5.74, 6) is 0. The SMILES string of the molecule is CC(N)(C#N)Cn1nc2cc(Cl)cc(C(F)(F)F)c2n1. The number of rotatable bonds is 2. The Bertz CT molecular complexity index is 698. The minimum absolute atomic E-state index is 0.00133. The Labute approximate surface area is 116 Å². The van der Waals surface area contributed by atoms with E-state index < -0.39 is 17.3 Å². The second-order valence-electron chi connectivity index (χ2n) is 4.58. The lowest BCUT2D eigenvalue weighted by molar-refractivity contribution is -0.136. The highest BCUT2D eigenvalue weighted by molar-refractivity contribution is 6.31. The van der Waals surface area contributed by atoms with Crippen LogP contribution in [0.5, 0.6) is 0 Å². The van der Waals surface area contributed by atoms with E-state index in [2.05, 4.69) is 10.2 Å². The van der Waals surface area contributed by atoms with Crippen LogP contribution in [0.1, 0.15) is 12.5 Å². The molecule has 2 N–H and O–H groups in total. The molecule has 2 aromatic rings. The zero-order valence-electron chi connectivity index (χ0n) is 10.2. The number of halogens is 4. The van der Waals surface area contributed by atoms with Crippen LogP contribution in [0.2, 0.25) is 5.02 Å². The topological polar surface area (TPSA) is 80.5 Å². The van der Waals surface area contributed by atoms with Gasteiger partial charge in [-0.1, -0.05) is 11.6 Å². The zero-order valence-corrected chi connectivity index (χ0v) is 11.0. The number of nitrogens with zero attached hydrogens (tertiary/aromatic N) is 4. The van der Waals surface area contributed by atoms with Crippen molar-refractivity contribution >= 4 is 22.6 Å². The summed E-state index contributed by atoms with van der Waals surface area (Å²) >= 11 is 5.65. The first-order chi connectivity index (χ1) is 9.12. The van der Waals surface area contributed by atoms with Gasteiger partial charge in [0.2, 0.25) is 0 Å². The molecule has 1 unspecified atom stereocenters. The Morgan fingerprint density at radius 2 is 2.05 bits per heavy atom. The summed E-state index contributed by atoms with van der Waals surface area (Å²) in [5.41, 5.74) is 3.04. The number of alkyl halides is 3. The van der Waals surface area contributed by atoms with Gasteiger partial charge in [-0.2, -0.15) is 33.4 Å². The maximum Gasteiger partial charge on any atom is 0.418 e. The molecule has 0 amide bonds. The van der Waals surface area contributed by atoms with Gasteiger partial charge in [-0.15, -0.1) is 0 Å². The van der Waals surface area contributed by atoms with Crippen LogP contribution in [0, 0.1) is 11.3 Å². The van der Waals surface area contributed by atoms with Gasteiger partial charge in [0.15, 0.2) is 0 Å². The molecule has 0 bridgehead atoms. The lowest BCUT2D eigenvalue weighted by Crippen LogP contribution is -2.39. The molecule has 20 heavy (non-hydrogen) atoms. The van der Waals surface area contributed by atoms with Crippen LogP contribution in [-0.2, 0) is 12.7 Å². The molecule has 0 aliphatic rings. The van der Waals surface area contributed by atoms with E-state index in [1.807, 2.05) is 6.07 Å². The standard InChI is InChI=1S/C11H9ClF3N5/c1-10(17,4-16)5-20-18-8-3-6(12)2-7(9(8)19-20)11(13,14)15/h2-3H,5,17H2,1H3. The Balaban J connectivity index is 2.57. The van der Waals surface area contributed by atoms with Gasteiger partial charge in [0, 0.05) is 5.02 Å². The molecule has 1 aromatic heterocycles. The predicted molar refractivity (Wildman–Crippen MR) is 65.7 cm³/mol. The first kappa shape index (κ1) is 14.6. The van der Waals surface area contributed by atoms with E-state index in [9.17, 15) is 13.2 Å². The molecule has 9 heteroatoms. The molecule has 2 rings (SSSR count). The Kier molecular flexibility index (Phi) is 3.36. The van der Waals surface area contributed by atoms with Gasteiger partial charge in [-0.3, -0.25) is 0 Å². The minimum atomic E-state index is -4.59. The smallest absolute Gasteiger partial charge is 0.312 e. The van der Waals surface area contributed by atoms with Crippen molar-refractivity contribution in [2.75, 3.05) is 0 Å². The largest absolute Gasteiger partial charge is 0.418 e. The Hall–Kier alpha value is -1.85. The second kappa shape index (κ2) is 4.61. The van der Waals surface area contributed by atoms with Crippen LogP contribution in [0.3, 0.4) is 0 Å². The fourth-order valence-electron chi connectivity index (χ4n) is 1.64. The third-order valence-electron chi connectivity index (χ3n) is 2.52. The van der Waals surface area contributed by atoms with Gasteiger partial charge in [-0.25, -0.2) is 0 Å². The number of nitriles is 1. The van der Waals surface area contributed by atoms with Gasteiger partial charge in [0.05, 0.1) is 18.2 Å². The van der Waals surface area contributed by atoms with Crippen molar-refractivity contribution < 1.29 is 13.2 Å². The molecule has 0 saturated heterocycles. The molecule has 0 saturated carbocycles. The van der Waals surface area contributed by atoms with Gasteiger partial charge in [0.1, 0.15) is 16.6 Å². The molecular formula is C11H9ClF3N5. The van der Waals surface area contributed by atoms with Gasteiger partial charge >= 0.3 is 6.18 Å². The average Bonchev–Trinajstić information content (AvgIpc) is 2.67. The molecule has 5 nitrogen and oxygen atoms in total. The van der Waals surface area contributed by atoms with Crippen LogP contribution in [0.25, 0.3) is 11.0 Å². The molecule has 0 fully saturated rings. The lowest BCUT2D eigenvalue weighted by atomic mass is 10.1. The van der Waals surface area contributed by atoms with Gasteiger partial charge in [0.25, 0.3) is 0 Å². The Morgan fingerprint density at radius 3 is 2.60 bits per heavy atom. The van der Waals surface area contributed by atoms with Crippen LogP contribution in [0.4, 0.5) is 13.2 Å². The van der Waals surface area contributed by atoms with Crippen LogP contribution < -0.4 is 5.73 Å². The van der Waals surface area contributed by atoms with E-state index in [1.54, 1.807) is 0 Å². The first-order valence-electron chi connectivity index (χ1n) is 5.44. The number of aromatic nitrogens is 3. The highest BCUT2D eigenvalue weighted by Crippen LogP contribution is 2.35. The Morgan fingerprint density at radius 1 is 1.40 bits per heavy atom. The highest BCUT2D eigenvalue weighted by Gasteiger charge is 2.35. The van der Waals surface area contributed by atoms with E-state index >= 15 is 0 Å². The molecule has 106 valence electrons. The average molecular weight is 304 g/mol. The molecular weight excluding hydrogens is 295 g/mol. The van der Waals surface area contributed by atoms with Crippen LogP contribution in [0.15, 0.2) is 12.1 Å². The summed E-state index contributed by atoms with van der Waals surface area (Å²) in [7, 11) is 0. The summed E-state index contributed by atoms with van der Waals surface area (Å²) in [6.07, 6.45) is -4.59. The summed E-state index contributed by atoms with van der Waals surface area (Å²) in [6.45, 7) is 1.30. The molecule has 1 atom stereocenters. The summed E-state index contributed by atoms with van der Waals surface area (Å²) in [5, 5.41) is 16.3. The third-order valence-corrected chi connectivity index (χ3v) is 2.74. The fourth-order valence-corrected chi connectivity index (χ4v) is 1.86.